The van der Waals surface area contributed by atoms with Crippen LogP contribution in [0.5, 0.6) is 0 Å². The van der Waals surface area contributed by atoms with E-state index in [4.69, 9.17) is 15.0 Å². The van der Waals surface area contributed by atoms with Crippen molar-refractivity contribution in [1.82, 2.24) is 4.98 Å². The maximum Gasteiger partial charge on any atom is 0.160 e. The first kappa shape index (κ1) is 36.1. The third kappa shape index (κ3) is 6.94. The van der Waals surface area contributed by atoms with Crippen LogP contribution in [0.3, 0.4) is 0 Å². The molecule has 0 aliphatic rings. The van der Waals surface area contributed by atoms with Gasteiger partial charge < -0.3 is 0 Å². The molecule has 0 saturated carbocycles. The highest BCUT2D eigenvalue weighted by molar-refractivity contribution is 7.26. The van der Waals surface area contributed by atoms with E-state index in [0.29, 0.717) is 5.84 Å². The average molecular weight is 774 g/mol. The van der Waals surface area contributed by atoms with Gasteiger partial charge in [0.2, 0.25) is 0 Å². The number of aromatic nitrogens is 1. The van der Waals surface area contributed by atoms with Gasteiger partial charge in [0, 0.05) is 43.3 Å². The quantitative estimate of drug-likeness (QED) is 0.0903. The molecule has 8 aromatic carbocycles. The van der Waals surface area contributed by atoms with Crippen LogP contribution in [0, 0.1) is 0 Å². The van der Waals surface area contributed by atoms with Gasteiger partial charge in [-0.2, -0.15) is 0 Å². The summed E-state index contributed by atoms with van der Waals surface area (Å²) in [6.45, 7) is 4.09. The number of amidine groups is 1. The van der Waals surface area contributed by atoms with Crippen molar-refractivity contribution < 1.29 is 0 Å². The van der Waals surface area contributed by atoms with Crippen molar-refractivity contribution in [3.63, 3.8) is 0 Å². The SMILES string of the molecule is C/C=C(/N=C(N=C(C)c1ccc(-c2cccc(-c3nc4ccc5ccccc5c4c4c3sc3ccccc34)c2)cc1)c1ccccc1)c1cccc(-c2ccccc2)c1. The van der Waals surface area contributed by atoms with Crippen LogP contribution >= 0.6 is 11.3 Å². The molecule has 10 aromatic rings. The van der Waals surface area contributed by atoms with Crippen LogP contribution in [0.1, 0.15) is 30.5 Å². The van der Waals surface area contributed by atoms with Crippen molar-refractivity contribution in [3.8, 4) is 33.5 Å². The Labute approximate surface area is 348 Å². The highest BCUT2D eigenvalue weighted by atomic mass is 32.1. The van der Waals surface area contributed by atoms with Crippen molar-refractivity contribution in [2.45, 2.75) is 13.8 Å². The Kier molecular flexibility index (Phi) is 9.53. The Morgan fingerprint density at radius 3 is 1.92 bits per heavy atom. The van der Waals surface area contributed by atoms with Crippen LogP contribution in [0.25, 0.3) is 81.1 Å². The molecule has 0 fully saturated rings. The Hall–Kier alpha value is -7.27. The van der Waals surface area contributed by atoms with Gasteiger partial charge in [-0.3, -0.25) is 0 Å². The summed E-state index contributed by atoms with van der Waals surface area (Å²) in [5.74, 6) is 0.668. The second-order valence-corrected chi connectivity index (χ2v) is 15.8. The number of hydrogen-bond acceptors (Lipinski definition) is 3. The van der Waals surface area contributed by atoms with E-state index in [9.17, 15) is 0 Å². The van der Waals surface area contributed by atoms with Crippen LogP contribution in [0.15, 0.2) is 210 Å². The zero-order valence-electron chi connectivity index (χ0n) is 32.8. The number of rotatable bonds is 7. The van der Waals surface area contributed by atoms with E-state index in [-0.39, 0.29) is 0 Å². The molecule has 280 valence electrons. The molecule has 0 atom stereocenters. The fraction of sp³-hybridized carbons (Fsp3) is 0.0364. The fourth-order valence-corrected chi connectivity index (χ4v) is 9.28. The lowest BCUT2D eigenvalue weighted by Gasteiger charge is -2.11. The second-order valence-electron chi connectivity index (χ2n) is 14.7. The van der Waals surface area contributed by atoms with Crippen molar-refractivity contribution in [2.24, 2.45) is 9.98 Å². The minimum atomic E-state index is 0.668. The lowest BCUT2D eigenvalue weighted by Crippen LogP contribution is -2.04. The number of thiophene rings is 1. The lowest BCUT2D eigenvalue weighted by atomic mass is 9.97. The molecule has 0 aliphatic carbocycles. The minimum absolute atomic E-state index is 0.668. The third-order valence-corrected chi connectivity index (χ3v) is 12.2. The minimum Gasteiger partial charge on any atom is -0.246 e. The van der Waals surface area contributed by atoms with E-state index in [2.05, 4.69) is 183 Å². The third-order valence-electron chi connectivity index (χ3n) is 11.0. The van der Waals surface area contributed by atoms with Gasteiger partial charge in [0.15, 0.2) is 5.84 Å². The molecule has 0 spiro atoms. The van der Waals surface area contributed by atoms with Gasteiger partial charge in [-0.25, -0.2) is 15.0 Å². The topological polar surface area (TPSA) is 37.6 Å². The molecule has 4 heteroatoms. The average Bonchev–Trinajstić information content (AvgIpc) is 3.70. The Bertz CT molecular complexity index is 3270. The van der Waals surface area contributed by atoms with Gasteiger partial charge in [-0.15, -0.1) is 11.3 Å². The van der Waals surface area contributed by atoms with Gasteiger partial charge in [0.1, 0.15) is 0 Å². The monoisotopic (exact) mass is 773 g/mol. The van der Waals surface area contributed by atoms with E-state index < -0.39 is 0 Å². The molecule has 0 saturated heterocycles. The van der Waals surface area contributed by atoms with E-state index in [0.717, 1.165) is 61.6 Å². The zero-order valence-corrected chi connectivity index (χ0v) is 33.6. The first-order valence-electron chi connectivity index (χ1n) is 20.0. The van der Waals surface area contributed by atoms with Crippen LogP contribution in [-0.4, -0.2) is 16.5 Å². The Morgan fingerprint density at radius 1 is 0.492 bits per heavy atom. The Balaban J connectivity index is 1.00. The molecule has 0 unspecified atom stereocenters. The molecular weight excluding hydrogens is 735 g/mol. The van der Waals surface area contributed by atoms with Crippen molar-refractivity contribution >= 4 is 70.4 Å². The fourth-order valence-electron chi connectivity index (χ4n) is 8.06. The van der Waals surface area contributed by atoms with Crippen molar-refractivity contribution in [2.75, 3.05) is 0 Å². The van der Waals surface area contributed by atoms with Gasteiger partial charge in [-0.05, 0) is 76.7 Å². The number of nitrogens with zero attached hydrogens (tertiary/aromatic N) is 3. The maximum atomic E-state index is 5.39. The van der Waals surface area contributed by atoms with Gasteiger partial charge in [0.05, 0.1) is 21.6 Å². The molecule has 2 heterocycles. The number of aliphatic imine (C=N–C) groups is 2. The van der Waals surface area contributed by atoms with Gasteiger partial charge >= 0.3 is 0 Å². The molecule has 10 rings (SSSR count). The summed E-state index contributed by atoms with van der Waals surface area (Å²) in [5, 5.41) is 6.26. The van der Waals surface area contributed by atoms with Crippen molar-refractivity contribution in [3.05, 3.63) is 217 Å². The number of pyridine rings is 1. The first-order valence-corrected chi connectivity index (χ1v) is 20.8. The largest absolute Gasteiger partial charge is 0.246 e. The summed E-state index contributed by atoms with van der Waals surface area (Å²) in [5.41, 5.74) is 12.5. The van der Waals surface area contributed by atoms with E-state index in [1.165, 1.54) is 41.9 Å². The first-order chi connectivity index (χ1) is 29.1. The standard InChI is InChI=1S/C55H39N3S/c1-3-48(44-23-14-21-42(34-44)38-16-6-4-7-17-38)58-55(41-19-8-5-9-20-41)56-36(2)37-28-30-39(31-29-37)43-22-15-24-45(35-43)53-54-52(47-26-12-13-27-50(47)59-54)51-46-25-11-10-18-40(46)32-33-49(51)57-53/h3-35H,1-2H3/b48-3+,56-36?,58-55?. The van der Waals surface area contributed by atoms with Crippen LogP contribution in [0.2, 0.25) is 0 Å². The van der Waals surface area contributed by atoms with E-state index in [1.807, 2.05) is 42.5 Å². The molecule has 0 aliphatic heterocycles. The molecule has 0 bridgehead atoms. The number of allylic oxidation sites excluding steroid dienone is 1. The highest BCUT2D eigenvalue weighted by Gasteiger charge is 2.18. The summed E-state index contributed by atoms with van der Waals surface area (Å²) in [6.07, 6.45) is 2.06. The van der Waals surface area contributed by atoms with Crippen molar-refractivity contribution in [1.29, 1.82) is 0 Å². The number of benzene rings is 8. The molecule has 2 aromatic heterocycles. The van der Waals surface area contributed by atoms with Gasteiger partial charge in [-0.1, -0.05) is 176 Å². The summed E-state index contributed by atoms with van der Waals surface area (Å²) < 4.78 is 2.49. The lowest BCUT2D eigenvalue weighted by molar-refractivity contribution is 1.42. The van der Waals surface area contributed by atoms with Crippen LogP contribution < -0.4 is 0 Å². The predicted molar refractivity (Wildman–Crippen MR) is 254 cm³/mol. The number of hydrogen-bond donors (Lipinski definition) is 0. The zero-order chi connectivity index (χ0) is 39.7. The van der Waals surface area contributed by atoms with E-state index in [1.54, 1.807) is 0 Å². The summed E-state index contributed by atoms with van der Waals surface area (Å²) in [7, 11) is 0. The predicted octanol–water partition coefficient (Wildman–Crippen LogP) is 15.1. The van der Waals surface area contributed by atoms with Gasteiger partial charge in [0.25, 0.3) is 0 Å². The maximum absolute atomic E-state index is 5.39. The number of fused-ring (bicyclic) bond motifs is 7. The Morgan fingerprint density at radius 2 is 1.12 bits per heavy atom. The van der Waals surface area contributed by atoms with Crippen LogP contribution in [-0.2, 0) is 0 Å². The molecule has 0 N–H and O–H groups in total. The summed E-state index contributed by atoms with van der Waals surface area (Å²) in [6, 6.07) is 68.5. The van der Waals surface area contributed by atoms with Crippen LogP contribution in [0.4, 0.5) is 0 Å². The van der Waals surface area contributed by atoms with E-state index >= 15 is 0 Å². The molecule has 59 heavy (non-hydrogen) atoms. The highest BCUT2D eigenvalue weighted by Crippen LogP contribution is 2.45. The molecule has 0 amide bonds. The molecule has 0 radical (unpaired) electrons. The normalized spacial score (nSPS) is 12.5. The summed E-state index contributed by atoms with van der Waals surface area (Å²) in [4.78, 5) is 15.8. The second kappa shape index (κ2) is 15.6. The molecule has 3 nitrogen and oxygen atoms in total. The smallest absolute Gasteiger partial charge is 0.160 e. The summed E-state index contributed by atoms with van der Waals surface area (Å²) >= 11 is 1.83. The molecular formula is C55H39N3S.